The van der Waals surface area contributed by atoms with Gasteiger partial charge in [-0.3, -0.25) is 9.36 Å². The number of fused-ring (bicyclic) bond motifs is 1. The summed E-state index contributed by atoms with van der Waals surface area (Å²) in [6.07, 6.45) is 0. The van der Waals surface area contributed by atoms with Gasteiger partial charge >= 0.3 is 0 Å². The van der Waals surface area contributed by atoms with Crippen LogP contribution in [-0.4, -0.2) is 9.55 Å². The zero-order valence-corrected chi connectivity index (χ0v) is 11.2. The fourth-order valence-electron chi connectivity index (χ4n) is 2.40. The van der Waals surface area contributed by atoms with E-state index in [-0.39, 0.29) is 11.4 Å². The molecule has 20 heavy (non-hydrogen) atoms. The van der Waals surface area contributed by atoms with Crippen LogP contribution < -0.4 is 5.56 Å². The number of nitrogens with zero attached hydrogens (tertiary/aromatic N) is 2. The molecule has 2 aromatic carbocycles. The van der Waals surface area contributed by atoms with Gasteiger partial charge in [-0.1, -0.05) is 12.1 Å². The molecule has 0 spiro atoms. The summed E-state index contributed by atoms with van der Waals surface area (Å²) in [4.78, 5) is 17.1. The van der Waals surface area contributed by atoms with E-state index in [1.54, 1.807) is 26.0 Å². The average molecular weight is 268 g/mol. The topological polar surface area (TPSA) is 34.9 Å². The minimum atomic E-state index is -0.314. The third-order valence-corrected chi connectivity index (χ3v) is 3.34. The summed E-state index contributed by atoms with van der Waals surface area (Å²) in [7, 11) is 0. The lowest BCUT2D eigenvalue weighted by molar-refractivity contribution is 0.625. The molecule has 0 fully saturated rings. The fourth-order valence-corrected chi connectivity index (χ4v) is 2.40. The maximum atomic E-state index is 13.2. The third kappa shape index (κ3) is 1.90. The molecule has 4 heteroatoms. The number of aryl methyl sites for hydroxylation is 2. The molecule has 0 amide bonds. The van der Waals surface area contributed by atoms with Crippen LogP contribution in [0.5, 0.6) is 0 Å². The Hall–Kier alpha value is -2.49. The quantitative estimate of drug-likeness (QED) is 0.679. The third-order valence-electron chi connectivity index (χ3n) is 3.34. The monoisotopic (exact) mass is 268 g/mol. The van der Waals surface area contributed by atoms with Gasteiger partial charge in [0.25, 0.3) is 5.56 Å². The van der Waals surface area contributed by atoms with Crippen LogP contribution in [0.4, 0.5) is 4.39 Å². The Kier molecular flexibility index (Phi) is 2.86. The van der Waals surface area contributed by atoms with Gasteiger partial charge in [0.05, 0.1) is 16.6 Å². The Morgan fingerprint density at radius 3 is 2.60 bits per heavy atom. The zero-order chi connectivity index (χ0) is 14.3. The summed E-state index contributed by atoms with van der Waals surface area (Å²) in [6, 6.07) is 11.6. The van der Waals surface area contributed by atoms with E-state index in [1.165, 1.54) is 16.7 Å². The maximum absolute atomic E-state index is 13.2. The molecular formula is C16H13FN2O. The van der Waals surface area contributed by atoms with Crippen molar-refractivity contribution in [2.24, 2.45) is 0 Å². The smallest absolute Gasteiger partial charge is 0.265 e. The standard InChI is InChI=1S/C16H13FN2O/c1-10-9-12(17)7-8-15(10)19-11(2)18-14-6-4-3-5-13(14)16(19)20/h3-9H,1-2H3. The first-order valence-corrected chi connectivity index (χ1v) is 6.33. The normalized spacial score (nSPS) is 10.9. The highest BCUT2D eigenvalue weighted by Crippen LogP contribution is 2.17. The Labute approximate surface area is 115 Å². The highest BCUT2D eigenvalue weighted by molar-refractivity contribution is 5.77. The molecule has 0 saturated heterocycles. The highest BCUT2D eigenvalue weighted by atomic mass is 19.1. The summed E-state index contributed by atoms with van der Waals surface area (Å²) < 4.78 is 14.7. The van der Waals surface area contributed by atoms with E-state index in [2.05, 4.69) is 4.98 Å². The molecule has 3 rings (SSSR count). The Morgan fingerprint density at radius 2 is 1.85 bits per heavy atom. The van der Waals surface area contributed by atoms with Crippen molar-refractivity contribution < 1.29 is 4.39 Å². The van der Waals surface area contributed by atoms with Gasteiger partial charge in [0.15, 0.2) is 0 Å². The van der Waals surface area contributed by atoms with Crippen molar-refractivity contribution in [1.29, 1.82) is 0 Å². The number of aromatic nitrogens is 2. The van der Waals surface area contributed by atoms with Crippen LogP contribution in [0.3, 0.4) is 0 Å². The second kappa shape index (κ2) is 4.56. The summed E-state index contributed by atoms with van der Waals surface area (Å²) in [5.41, 5.74) is 1.90. The van der Waals surface area contributed by atoms with E-state index in [9.17, 15) is 9.18 Å². The molecule has 0 aliphatic heterocycles. The first-order chi connectivity index (χ1) is 9.58. The van der Waals surface area contributed by atoms with Gasteiger partial charge in [0, 0.05) is 0 Å². The van der Waals surface area contributed by atoms with Gasteiger partial charge in [-0.15, -0.1) is 0 Å². The molecule has 3 aromatic rings. The van der Waals surface area contributed by atoms with Crippen LogP contribution in [-0.2, 0) is 0 Å². The Balaban J connectivity index is 2.39. The van der Waals surface area contributed by atoms with E-state index >= 15 is 0 Å². The molecule has 0 aliphatic rings. The molecule has 0 atom stereocenters. The second-order valence-electron chi connectivity index (χ2n) is 4.75. The number of hydrogen-bond donors (Lipinski definition) is 0. The minimum absolute atomic E-state index is 0.136. The summed E-state index contributed by atoms with van der Waals surface area (Å²) in [5.74, 6) is 0.272. The summed E-state index contributed by atoms with van der Waals surface area (Å²) in [5, 5.41) is 0.557. The second-order valence-corrected chi connectivity index (χ2v) is 4.75. The van der Waals surface area contributed by atoms with Crippen molar-refractivity contribution in [2.75, 3.05) is 0 Å². The van der Waals surface area contributed by atoms with Crippen LogP contribution in [0.1, 0.15) is 11.4 Å². The molecule has 1 heterocycles. The maximum Gasteiger partial charge on any atom is 0.265 e. The SMILES string of the molecule is Cc1cc(F)ccc1-n1c(C)nc2ccccc2c1=O. The number of para-hydroxylation sites is 1. The molecule has 0 saturated carbocycles. The first kappa shape index (κ1) is 12.5. The molecular weight excluding hydrogens is 255 g/mol. The number of benzene rings is 2. The van der Waals surface area contributed by atoms with Crippen LogP contribution in [0.15, 0.2) is 47.3 Å². The van der Waals surface area contributed by atoms with E-state index in [0.29, 0.717) is 28.0 Å². The van der Waals surface area contributed by atoms with Gasteiger partial charge in [0.2, 0.25) is 0 Å². The van der Waals surface area contributed by atoms with Crippen LogP contribution >= 0.6 is 0 Å². The average Bonchev–Trinajstić information content (AvgIpc) is 2.41. The van der Waals surface area contributed by atoms with E-state index in [1.807, 2.05) is 18.2 Å². The van der Waals surface area contributed by atoms with Gasteiger partial charge in [0.1, 0.15) is 11.6 Å². The molecule has 0 radical (unpaired) electrons. The van der Waals surface area contributed by atoms with Gasteiger partial charge in [-0.25, -0.2) is 9.37 Å². The van der Waals surface area contributed by atoms with Gasteiger partial charge < -0.3 is 0 Å². The molecule has 0 N–H and O–H groups in total. The number of rotatable bonds is 1. The van der Waals surface area contributed by atoms with E-state index in [0.717, 1.165) is 0 Å². The van der Waals surface area contributed by atoms with Crippen molar-refractivity contribution in [3.8, 4) is 5.69 Å². The highest BCUT2D eigenvalue weighted by Gasteiger charge is 2.11. The predicted molar refractivity (Wildman–Crippen MR) is 76.8 cm³/mol. The van der Waals surface area contributed by atoms with Crippen molar-refractivity contribution in [3.05, 3.63) is 70.0 Å². The molecule has 100 valence electrons. The number of hydrogen-bond acceptors (Lipinski definition) is 2. The molecule has 0 aliphatic carbocycles. The molecule has 1 aromatic heterocycles. The molecule has 0 bridgehead atoms. The molecule has 3 nitrogen and oxygen atoms in total. The van der Waals surface area contributed by atoms with Crippen LogP contribution in [0.25, 0.3) is 16.6 Å². The Bertz CT molecular complexity index is 868. The van der Waals surface area contributed by atoms with Gasteiger partial charge in [-0.2, -0.15) is 0 Å². The summed E-state index contributed by atoms with van der Waals surface area (Å²) >= 11 is 0. The number of halogens is 1. The summed E-state index contributed by atoms with van der Waals surface area (Å²) in [6.45, 7) is 3.55. The lowest BCUT2D eigenvalue weighted by atomic mass is 10.1. The fraction of sp³-hybridized carbons (Fsp3) is 0.125. The predicted octanol–water partition coefficient (Wildman–Crippen LogP) is 3.14. The lowest BCUT2D eigenvalue weighted by Gasteiger charge is -2.13. The largest absolute Gasteiger partial charge is 0.268 e. The lowest BCUT2D eigenvalue weighted by Crippen LogP contribution is -2.23. The zero-order valence-electron chi connectivity index (χ0n) is 11.2. The van der Waals surface area contributed by atoms with Crippen molar-refractivity contribution >= 4 is 10.9 Å². The first-order valence-electron chi connectivity index (χ1n) is 6.33. The molecule has 0 unspecified atom stereocenters. The van der Waals surface area contributed by atoms with Crippen LogP contribution in [0.2, 0.25) is 0 Å². The van der Waals surface area contributed by atoms with Gasteiger partial charge in [-0.05, 0) is 49.7 Å². The van der Waals surface area contributed by atoms with Crippen LogP contribution in [0, 0.1) is 19.7 Å². The van der Waals surface area contributed by atoms with Crippen molar-refractivity contribution in [3.63, 3.8) is 0 Å². The van der Waals surface area contributed by atoms with Crippen molar-refractivity contribution in [1.82, 2.24) is 9.55 Å². The van der Waals surface area contributed by atoms with E-state index < -0.39 is 0 Å². The van der Waals surface area contributed by atoms with E-state index in [4.69, 9.17) is 0 Å². The Morgan fingerprint density at radius 1 is 1.10 bits per heavy atom. The minimum Gasteiger partial charge on any atom is -0.268 e. The van der Waals surface area contributed by atoms with Crippen molar-refractivity contribution in [2.45, 2.75) is 13.8 Å².